The lowest BCUT2D eigenvalue weighted by Gasteiger charge is -2.03. The minimum absolute atomic E-state index is 0.252. The van der Waals surface area contributed by atoms with E-state index in [2.05, 4.69) is 6.92 Å². The van der Waals surface area contributed by atoms with E-state index in [0.29, 0.717) is 0 Å². The standard InChI is InChI=1S/C16H20O2/c1-3-5-11-15(4-2)16(17)18-13-12-14-9-7-6-8-10-14/h4,6-10,12-13H,3,5,11H2,1-2H3. The normalized spacial score (nSPS) is 11.8. The quantitative estimate of drug-likeness (QED) is 0.423. The summed E-state index contributed by atoms with van der Waals surface area (Å²) in [4.78, 5) is 11.7. The number of unbranched alkanes of at least 4 members (excludes halogenated alkanes) is 1. The molecule has 0 amide bonds. The molecule has 0 bridgehead atoms. The SMILES string of the molecule is CC=C(CCCC)C(=O)OC=Cc1ccccc1. The second-order valence-corrected chi connectivity index (χ2v) is 4.04. The van der Waals surface area contributed by atoms with Crippen molar-refractivity contribution in [3.8, 4) is 0 Å². The van der Waals surface area contributed by atoms with Crippen LogP contribution in [-0.2, 0) is 9.53 Å². The Kier molecular flexibility index (Phi) is 6.55. The van der Waals surface area contributed by atoms with E-state index in [1.807, 2.05) is 43.3 Å². The Bertz CT molecular complexity index is 416. The van der Waals surface area contributed by atoms with Crippen LogP contribution in [0, 0.1) is 0 Å². The van der Waals surface area contributed by atoms with Gasteiger partial charge in [-0.3, -0.25) is 0 Å². The zero-order valence-electron chi connectivity index (χ0n) is 11.1. The van der Waals surface area contributed by atoms with Crippen molar-refractivity contribution >= 4 is 12.0 Å². The molecule has 96 valence electrons. The molecule has 0 atom stereocenters. The molecule has 2 heteroatoms. The van der Waals surface area contributed by atoms with Crippen molar-refractivity contribution in [1.29, 1.82) is 0 Å². The summed E-state index contributed by atoms with van der Waals surface area (Å²) in [6, 6.07) is 9.75. The molecule has 0 aliphatic heterocycles. The van der Waals surface area contributed by atoms with Crippen LogP contribution in [0.4, 0.5) is 0 Å². The summed E-state index contributed by atoms with van der Waals surface area (Å²) in [7, 11) is 0. The second-order valence-electron chi connectivity index (χ2n) is 4.04. The molecule has 1 rings (SSSR count). The Morgan fingerprint density at radius 2 is 2.00 bits per heavy atom. The largest absolute Gasteiger partial charge is 0.431 e. The molecule has 0 N–H and O–H groups in total. The van der Waals surface area contributed by atoms with Crippen molar-refractivity contribution in [2.24, 2.45) is 0 Å². The Morgan fingerprint density at radius 3 is 2.61 bits per heavy atom. The lowest BCUT2D eigenvalue weighted by atomic mass is 10.1. The van der Waals surface area contributed by atoms with Gasteiger partial charge in [0.25, 0.3) is 0 Å². The highest BCUT2D eigenvalue weighted by atomic mass is 16.5. The van der Waals surface area contributed by atoms with Crippen LogP contribution in [0.1, 0.15) is 38.7 Å². The smallest absolute Gasteiger partial charge is 0.338 e. The molecule has 2 nitrogen and oxygen atoms in total. The average molecular weight is 244 g/mol. The predicted molar refractivity (Wildman–Crippen MR) is 74.9 cm³/mol. The van der Waals surface area contributed by atoms with Crippen LogP contribution in [0.2, 0.25) is 0 Å². The molecule has 0 saturated heterocycles. The van der Waals surface area contributed by atoms with Gasteiger partial charge in [0.1, 0.15) is 0 Å². The highest BCUT2D eigenvalue weighted by Gasteiger charge is 2.07. The third-order valence-corrected chi connectivity index (χ3v) is 2.65. The number of carbonyl (C=O) groups excluding carboxylic acids is 1. The van der Waals surface area contributed by atoms with Crippen molar-refractivity contribution in [3.05, 3.63) is 53.8 Å². The number of hydrogen-bond donors (Lipinski definition) is 0. The van der Waals surface area contributed by atoms with Crippen LogP contribution < -0.4 is 0 Å². The zero-order chi connectivity index (χ0) is 13.2. The summed E-state index contributed by atoms with van der Waals surface area (Å²) in [5, 5.41) is 0. The molecule has 0 fully saturated rings. The Balaban J connectivity index is 2.47. The summed E-state index contributed by atoms with van der Waals surface area (Å²) in [6.07, 6.45) is 7.93. The van der Waals surface area contributed by atoms with Gasteiger partial charge in [0, 0.05) is 5.57 Å². The first-order chi connectivity index (χ1) is 8.77. The van der Waals surface area contributed by atoms with E-state index >= 15 is 0 Å². The molecule has 0 unspecified atom stereocenters. The van der Waals surface area contributed by atoms with Gasteiger partial charge in [-0.1, -0.05) is 49.8 Å². The molecule has 0 spiro atoms. The van der Waals surface area contributed by atoms with Crippen molar-refractivity contribution < 1.29 is 9.53 Å². The fourth-order valence-corrected chi connectivity index (χ4v) is 1.55. The van der Waals surface area contributed by atoms with Crippen LogP contribution in [0.3, 0.4) is 0 Å². The minimum Gasteiger partial charge on any atom is -0.431 e. The van der Waals surface area contributed by atoms with Crippen molar-refractivity contribution in [3.63, 3.8) is 0 Å². The number of allylic oxidation sites excluding steroid dienone is 1. The van der Waals surface area contributed by atoms with E-state index in [9.17, 15) is 4.79 Å². The van der Waals surface area contributed by atoms with Crippen LogP contribution >= 0.6 is 0 Å². The molecule has 0 aliphatic carbocycles. The van der Waals surface area contributed by atoms with E-state index in [1.165, 1.54) is 6.26 Å². The van der Waals surface area contributed by atoms with Crippen molar-refractivity contribution in [2.75, 3.05) is 0 Å². The van der Waals surface area contributed by atoms with Crippen LogP contribution in [0.5, 0.6) is 0 Å². The number of esters is 1. The van der Waals surface area contributed by atoms with E-state index in [1.54, 1.807) is 6.08 Å². The highest BCUT2D eigenvalue weighted by molar-refractivity contribution is 5.88. The highest BCUT2D eigenvalue weighted by Crippen LogP contribution is 2.10. The fourth-order valence-electron chi connectivity index (χ4n) is 1.55. The molecule has 1 aromatic rings. The molecular weight excluding hydrogens is 224 g/mol. The topological polar surface area (TPSA) is 26.3 Å². The van der Waals surface area contributed by atoms with Crippen LogP contribution in [0.25, 0.3) is 6.08 Å². The van der Waals surface area contributed by atoms with Crippen LogP contribution in [0.15, 0.2) is 48.2 Å². The van der Waals surface area contributed by atoms with Gasteiger partial charge < -0.3 is 4.74 Å². The van der Waals surface area contributed by atoms with E-state index in [4.69, 9.17) is 4.74 Å². The third kappa shape index (κ3) is 5.00. The van der Waals surface area contributed by atoms with Crippen LogP contribution in [-0.4, -0.2) is 5.97 Å². The molecule has 0 aliphatic rings. The van der Waals surface area contributed by atoms with E-state index in [-0.39, 0.29) is 5.97 Å². The van der Waals surface area contributed by atoms with Gasteiger partial charge in [0.05, 0.1) is 6.26 Å². The average Bonchev–Trinajstić information content (AvgIpc) is 2.41. The Labute approximate surface area is 109 Å². The first kappa shape index (κ1) is 14.2. The minimum atomic E-state index is -0.252. The number of benzene rings is 1. The maximum Gasteiger partial charge on any atom is 0.338 e. The second kappa shape index (κ2) is 8.29. The Morgan fingerprint density at radius 1 is 1.28 bits per heavy atom. The molecule has 1 aromatic carbocycles. The monoisotopic (exact) mass is 244 g/mol. The van der Waals surface area contributed by atoms with Crippen molar-refractivity contribution in [2.45, 2.75) is 33.1 Å². The summed E-state index contributed by atoms with van der Waals surface area (Å²) < 4.78 is 5.11. The summed E-state index contributed by atoms with van der Waals surface area (Å²) in [6.45, 7) is 3.97. The molecule has 0 heterocycles. The van der Waals surface area contributed by atoms with Gasteiger partial charge >= 0.3 is 5.97 Å². The van der Waals surface area contributed by atoms with E-state index < -0.39 is 0 Å². The summed E-state index contributed by atoms with van der Waals surface area (Å²) in [5.74, 6) is -0.252. The number of rotatable bonds is 6. The lowest BCUT2D eigenvalue weighted by molar-refractivity contribution is -0.133. The predicted octanol–water partition coefficient (Wildman–Crippen LogP) is 4.34. The molecule has 0 saturated carbocycles. The van der Waals surface area contributed by atoms with Gasteiger partial charge in [-0.05, 0) is 31.4 Å². The molecule has 0 aromatic heterocycles. The molecule has 0 radical (unpaired) electrons. The number of ether oxygens (including phenoxy) is 1. The fraction of sp³-hybridized carbons (Fsp3) is 0.312. The van der Waals surface area contributed by atoms with Gasteiger partial charge in [0.2, 0.25) is 0 Å². The van der Waals surface area contributed by atoms with Gasteiger partial charge in [-0.25, -0.2) is 4.79 Å². The molecule has 18 heavy (non-hydrogen) atoms. The first-order valence-corrected chi connectivity index (χ1v) is 6.35. The van der Waals surface area contributed by atoms with Crippen molar-refractivity contribution in [1.82, 2.24) is 0 Å². The zero-order valence-corrected chi connectivity index (χ0v) is 11.1. The summed E-state index contributed by atoms with van der Waals surface area (Å²) >= 11 is 0. The molecular formula is C16H20O2. The third-order valence-electron chi connectivity index (χ3n) is 2.65. The van der Waals surface area contributed by atoms with Gasteiger partial charge in [-0.15, -0.1) is 0 Å². The Hall–Kier alpha value is -1.83. The maximum atomic E-state index is 11.7. The number of hydrogen-bond acceptors (Lipinski definition) is 2. The first-order valence-electron chi connectivity index (χ1n) is 6.35. The van der Waals surface area contributed by atoms with E-state index in [0.717, 1.165) is 30.4 Å². The summed E-state index contributed by atoms with van der Waals surface area (Å²) in [5.41, 5.74) is 1.76. The lowest BCUT2D eigenvalue weighted by Crippen LogP contribution is -2.03. The van der Waals surface area contributed by atoms with Gasteiger partial charge in [0.15, 0.2) is 0 Å². The van der Waals surface area contributed by atoms with Gasteiger partial charge in [-0.2, -0.15) is 0 Å². The number of carbonyl (C=O) groups is 1. The maximum absolute atomic E-state index is 11.7.